The summed E-state index contributed by atoms with van der Waals surface area (Å²) >= 11 is 0. The fourth-order valence-electron chi connectivity index (χ4n) is 1.81. The van der Waals surface area contributed by atoms with Gasteiger partial charge in [-0.2, -0.15) is 4.98 Å². The number of hydrogen-bond acceptors (Lipinski definition) is 4. The Balaban J connectivity index is 1.60. The van der Waals surface area contributed by atoms with Crippen LogP contribution in [0, 0.1) is 0 Å². The van der Waals surface area contributed by atoms with Crippen molar-refractivity contribution in [2.45, 2.75) is 31.6 Å². The summed E-state index contributed by atoms with van der Waals surface area (Å²) in [4.78, 5) is 4.40. The smallest absolute Gasteiger partial charge is 0.226 e. The number of nitrogen functional groups attached to an aromatic ring is 1. The van der Waals surface area contributed by atoms with Crippen molar-refractivity contribution in [2.24, 2.45) is 0 Å². The third-order valence-electron chi connectivity index (χ3n) is 3.03. The SMILES string of the molecule is Nc1ccc(CCc2nc(C3CC3)no2)cc1. The summed E-state index contributed by atoms with van der Waals surface area (Å²) in [7, 11) is 0. The van der Waals surface area contributed by atoms with Gasteiger partial charge in [0, 0.05) is 18.0 Å². The molecule has 2 aromatic rings. The number of anilines is 1. The molecular weight excluding hydrogens is 214 g/mol. The Bertz CT molecular complexity index is 500. The molecule has 17 heavy (non-hydrogen) atoms. The number of nitrogens with two attached hydrogens (primary N) is 1. The Morgan fingerprint density at radius 1 is 1.18 bits per heavy atom. The van der Waals surface area contributed by atoms with Crippen molar-refractivity contribution in [3.63, 3.8) is 0 Å². The minimum absolute atomic E-state index is 0.559. The summed E-state index contributed by atoms with van der Waals surface area (Å²) < 4.78 is 5.23. The first-order chi connectivity index (χ1) is 8.31. The predicted molar refractivity (Wildman–Crippen MR) is 64.5 cm³/mol. The average Bonchev–Trinajstić information content (AvgIpc) is 3.09. The fourth-order valence-corrected chi connectivity index (χ4v) is 1.81. The molecule has 1 aromatic carbocycles. The van der Waals surface area contributed by atoms with E-state index in [0.717, 1.165) is 30.2 Å². The molecule has 1 aliphatic rings. The molecule has 1 aromatic heterocycles. The molecule has 1 fully saturated rings. The molecular formula is C13H15N3O. The predicted octanol–water partition coefficient (Wildman–Crippen LogP) is 2.31. The second-order valence-electron chi connectivity index (χ2n) is 4.56. The van der Waals surface area contributed by atoms with Gasteiger partial charge in [-0.3, -0.25) is 0 Å². The van der Waals surface area contributed by atoms with Crippen LogP contribution < -0.4 is 5.73 Å². The highest BCUT2D eigenvalue weighted by molar-refractivity contribution is 5.39. The van der Waals surface area contributed by atoms with Crippen LogP contribution in [0.3, 0.4) is 0 Å². The number of rotatable bonds is 4. The second-order valence-corrected chi connectivity index (χ2v) is 4.56. The number of nitrogens with zero attached hydrogens (tertiary/aromatic N) is 2. The Morgan fingerprint density at radius 3 is 2.65 bits per heavy atom. The van der Waals surface area contributed by atoms with E-state index < -0.39 is 0 Å². The van der Waals surface area contributed by atoms with E-state index in [-0.39, 0.29) is 0 Å². The van der Waals surface area contributed by atoms with Gasteiger partial charge in [0.15, 0.2) is 5.82 Å². The molecule has 0 aliphatic heterocycles. The lowest BCUT2D eigenvalue weighted by atomic mass is 10.1. The highest BCUT2D eigenvalue weighted by atomic mass is 16.5. The van der Waals surface area contributed by atoms with Crippen LogP contribution in [-0.2, 0) is 12.8 Å². The van der Waals surface area contributed by atoms with E-state index in [1.165, 1.54) is 18.4 Å². The number of aromatic nitrogens is 2. The van der Waals surface area contributed by atoms with Gasteiger partial charge in [0.1, 0.15) is 0 Å². The highest BCUT2D eigenvalue weighted by Gasteiger charge is 2.28. The van der Waals surface area contributed by atoms with Crippen molar-refractivity contribution in [2.75, 3.05) is 5.73 Å². The van der Waals surface area contributed by atoms with Gasteiger partial charge in [-0.25, -0.2) is 0 Å². The van der Waals surface area contributed by atoms with Gasteiger partial charge in [0.25, 0.3) is 0 Å². The lowest BCUT2D eigenvalue weighted by Crippen LogP contribution is -1.93. The molecule has 0 amide bonds. The van der Waals surface area contributed by atoms with E-state index in [2.05, 4.69) is 10.1 Å². The van der Waals surface area contributed by atoms with E-state index in [4.69, 9.17) is 10.3 Å². The summed E-state index contributed by atoms with van der Waals surface area (Å²) in [5, 5.41) is 4.00. The third kappa shape index (κ3) is 2.46. The minimum atomic E-state index is 0.559. The molecule has 0 radical (unpaired) electrons. The van der Waals surface area contributed by atoms with Gasteiger partial charge in [0.2, 0.25) is 5.89 Å². The Morgan fingerprint density at radius 2 is 1.94 bits per heavy atom. The van der Waals surface area contributed by atoms with Gasteiger partial charge in [-0.1, -0.05) is 17.3 Å². The van der Waals surface area contributed by atoms with Gasteiger partial charge in [-0.05, 0) is 37.0 Å². The quantitative estimate of drug-likeness (QED) is 0.817. The zero-order valence-corrected chi connectivity index (χ0v) is 9.60. The molecule has 88 valence electrons. The maximum Gasteiger partial charge on any atom is 0.226 e. The molecule has 0 unspecified atom stereocenters. The number of hydrogen-bond donors (Lipinski definition) is 1. The fraction of sp³-hybridized carbons (Fsp3) is 0.385. The molecule has 0 bridgehead atoms. The van der Waals surface area contributed by atoms with Gasteiger partial charge < -0.3 is 10.3 Å². The van der Waals surface area contributed by atoms with Crippen LogP contribution in [-0.4, -0.2) is 10.1 Å². The van der Waals surface area contributed by atoms with Crippen LogP contribution in [0.1, 0.15) is 36.0 Å². The zero-order chi connectivity index (χ0) is 11.7. The Kier molecular flexibility index (Phi) is 2.55. The van der Waals surface area contributed by atoms with Crippen LogP contribution in [0.4, 0.5) is 5.69 Å². The van der Waals surface area contributed by atoms with Crippen molar-refractivity contribution < 1.29 is 4.52 Å². The van der Waals surface area contributed by atoms with E-state index in [1.807, 2.05) is 24.3 Å². The first-order valence-electron chi connectivity index (χ1n) is 5.98. The van der Waals surface area contributed by atoms with E-state index in [1.54, 1.807) is 0 Å². The molecule has 4 nitrogen and oxygen atoms in total. The molecule has 0 spiro atoms. The van der Waals surface area contributed by atoms with Crippen molar-refractivity contribution in [1.29, 1.82) is 0 Å². The van der Waals surface area contributed by atoms with Crippen LogP contribution in [0.15, 0.2) is 28.8 Å². The van der Waals surface area contributed by atoms with Crippen molar-refractivity contribution in [1.82, 2.24) is 10.1 Å². The first-order valence-corrected chi connectivity index (χ1v) is 5.98. The van der Waals surface area contributed by atoms with Crippen molar-refractivity contribution in [3.8, 4) is 0 Å². The largest absolute Gasteiger partial charge is 0.399 e. The molecule has 3 rings (SSSR count). The maximum atomic E-state index is 5.64. The average molecular weight is 229 g/mol. The zero-order valence-electron chi connectivity index (χ0n) is 9.60. The topological polar surface area (TPSA) is 64.9 Å². The van der Waals surface area contributed by atoms with E-state index >= 15 is 0 Å². The van der Waals surface area contributed by atoms with Crippen LogP contribution in [0.25, 0.3) is 0 Å². The van der Waals surface area contributed by atoms with Crippen molar-refractivity contribution >= 4 is 5.69 Å². The maximum absolute atomic E-state index is 5.64. The molecule has 0 atom stereocenters. The minimum Gasteiger partial charge on any atom is -0.399 e. The molecule has 1 saturated carbocycles. The Hall–Kier alpha value is -1.84. The van der Waals surface area contributed by atoms with Gasteiger partial charge >= 0.3 is 0 Å². The van der Waals surface area contributed by atoms with Gasteiger partial charge in [0.05, 0.1) is 0 Å². The van der Waals surface area contributed by atoms with Crippen LogP contribution in [0.2, 0.25) is 0 Å². The highest BCUT2D eigenvalue weighted by Crippen LogP contribution is 2.38. The second kappa shape index (κ2) is 4.20. The number of benzene rings is 1. The van der Waals surface area contributed by atoms with E-state index in [9.17, 15) is 0 Å². The van der Waals surface area contributed by atoms with E-state index in [0.29, 0.717) is 5.92 Å². The standard InChI is InChI=1S/C13H15N3O/c14-11-6-1-9(2-7-11)3-8-12-15-13(16-17-12)10-4-5-10/h1-2,6-7,10H,3-5,8,14H2. The summed E-state index contributed by atoms with van der Waals surface area (Å²) in [6.45, 7) is 0. The number of aryl methyl sites for hydroxylation is 2. The summed E-state index contributed by atoms with van der Waals surface area (Å²) in [5.41, 5.74) is 7.67. The lowest BCUT2D eigenvalue weighted by molar-refractivity contribution is 0.373. The Labute approximate surface area is 99.8 Å². The molecule has 1 heterocycles. The lowest BCUT2D eigenvalue weighted by Gasteiger charge is -1.98. The third-order valence-corrected chi connectivity index (χ3v) is 3.03. The molecule has 1 aliphatic carbocycles. The summed E-state index contributed by atoms with van der Waals surface area (Å²) in [5.74, 6) is 2.19. The molecule has 0 saturated heterocycles. The van der Waals surface area contributed by atoms with Crippen LogP contribution >= 0.6 is 0 Å². The molecule has 2 N–H and O–H groups in total. The summed E-state index contributed by atoms with van der Waals surface area (Å²) in [6, 6.07) is 7.90. The monoisotopic (exact) mass is 229 g/mol. The molecule has 4 heteroatoms. The normalized spacial score (nSPS) is 15.1. The van der Waals surface area contributed by atoms with Gasteiger partial charge in [-0.15, -0.1) is 0 Å². The first kappa shape index (κ1) is 10.3. The summed E-state index contributed by atoms with van der Waals surface area (Å²) in [6.07, 6.45) is 4.12. The van der Waals surface area contributed by atoms with Crippen LogP contribution in [0.5, 0.6) is 0 Å². The van der Waals surface area contributed by atoms with Crippen molar-refractivity contribution in [3.05, 3.63) is 41.5 Å².